The molecule has 190 valence electrons. The molecule has 1 aromatic heterocycles. The van der Waals surface area contributed by atoms with Gasteiger partial charge in [-0.3, -0.25) is 14.9 Å². The molecule has 0 unspecified atom stereocenters. The average Bonchev–Trinajstić information content (AvgIpc) is 2.87. The monoisotopic (exact) mass is 604 g/mol. The predicted molar refractivity (Wildman–Crippen MR) is 147 cm³/mol. The molecule has 0 atom stereocenters. The molecule has 0 aliphatic rings. The minimum Gasteiger partial charge on any atom is -0.493 e. The Balaban J connectivity index is 1.73. The van der Waals surface area contributed by atoms with E-state index >= 15 is 0 Å². The van der Waals surface area contributed by atoms with E-state index in [1.807, 2.05) is 6.92 Å². The first kappa shape index (κ1) is 26.6. The number of nitro benzene ring substituents is 1. The van der Waals surface area contributed by atoms with Gasteiger partial charge in [0.1, 0.15) is 12.4 Å². The van der Waals surface area contributed by atoms with Crippen molar-refractivity contribution < 1.29 is 14.4 Å². The van der Waals surface area contributed by atoms with Crippen molar-refractivity contribution in [2.45, 2.75) is 20.0 Å². The molecule has 0 N–H and O–H groups in total. The lowest BCUT2D eigenvalue weighted by molar-refractivity contribution is -0.386. The molecule has 9 nitrogen and oxygen atoms in total. The van der Waals surface area contributed by atoms with E-state index in [9.17, 15) is 14.9 Å². The van der Waals surface area contributed by atoms with Crippen LogP contribution in [-0.4, -0.2) is 27.9 Å². The van der Waals surface area contributed by atoms with Crippen LogP contribution in [0.4, 0.5) is 5.69 Å². The maximum Gasteiger partial charge on any atom is 0.315 e. The number of aromatic nitrogens is 2. The van der Waals surface area contributed by atoms with Crippen LogP contribution >= 0.6 is 39.1 Å². The Hall–Kier alpha value is -3.47. The summed E-state index contributed by atoms with van der Waals surface area (Å²) < 4.78 is 13.0. The molecule has 0 aliphatic heterocycles. The number of aryl methyl sites for hydroxylation is 1. The highest BCUT2D eigenvalue weighted by Crippen LogP contribution is 2.39. The summed E-state index contributed by atoms with van der Waals surface area (Å²) in [6, 6.07) is 12.9. The Kier molecular flexibility index (Phi) is 8.11. The molecule has 0 saturated heterocycles. The van der Waals surface area contributed by atoms with Crippen LogP contribution in [0, 0.1) is 10.1 Å². The normalized spacial score (nSPS) is 11.3. The summed E-state index contributed by atoms with van der Waals surface area (Å²) in [6.07, 6.45) is 1.78. The second-order valence-electron chi connectivity index (χ2n) is 7.76. The van der Waals surface area contributed by atoms with Gasteiger partial charge in [-0.25, -0.2) is 4.98 Å². The highest BCUT2D eigenvalue weighted by Gasteiger charge is 2.23. The molecule has 4 rings (SSSR count). The fraction of sp³-hybridized carbons (Fsp3) is 0.160. The summed E-state index contributed by atoms with van der Waals surface area (Å²) in [4.78, 5) is 28.9. The zero-order valence-electron chi connectivity index (χ0n) is 19.6. The van der Waals surface area contributed by atoms with Gasteiger partial charge in [-0.05, 0) is 36.4 Å². The Morgan fingerprint density at radius 1 is 1.19 bits per heavy atom. The van der Waals surface area contributed by atoms with Crippen LogP contribution in [0.25, 0.3) is 10.9 Å². The maximum absolute atomic E-state index is 13.1. The van der Waals surface area contributed by atoms with Gasteiger partial charge in [-0.2, -0.15) is 9.78 Å². The van der Waals surface area contributed by atoms with Crippen molar-refractivity contribution in [2.75, 3.05) is 7.11 Å². The molecule has 0 amide bonds. The number of hydrogen-bond acceptors (Lipinski definition) is 7. The predicted octanol–water partition coefficient (Wildman–Crippen LogP) is 6.41. The van der Waals surface area contributed by atoms with E-state index in [-0.39, 0.29) is 29.4 Å². The lowest BCUT2D eigenvalue weighted by Crippen LogP contribution is -2.22. The standard InChI is InChI=1S/C25H19BrCl2N4O5/c1-3-23-30-20-7-5-16(26)10-18(20)25(33)31(23)29-12-14-8-21(32(34)35)24(22(9-14)36-2)37-13-15-4-6-17(27)11-19(15)28/h4-12H,3,13H2,1-2H3. The third kappa shape index (κ3) is 5.76. The fourth-order valence-electron chi connectivity index (χ4n) is 3.57. The smallest absolute Gasteiger partial charge is 0.315 e. The Morgan fingerprint density at radius 3 is 2.65 bits per heavy atom. The van der Waals surface area contributed by atoms with E-state index in [2.05, 4.69) is 26.0 Å². The molecule has 3 aromatic carbocycles. The molecule has 0 radical (unpaired) electrons. The lowest BCUT2D eigenvalue weighted by Gasteiger charge is -2.13. The molecule has 0 aliphatic carbocycles. The first-order chi connectivity index (χ1) is 17.7. The molecule has 4 aromatic rings. The molecule has 37 heavy (non-hydrogen) atoms. The van der Waals surface area contributed by atoms with Crippen LogP contribution in [0.3, 0.4) is 0 Å². The molecular weight excluding hydrogens is 587 g/mol. The maximum atomic E-state index is 13.1. The van der Waals surface area contributed by atoms with Crippen molar-refractivity contribution in [2.24, 2.45) is 5.10 Å². The van der Waals surface area contributed by atoms with Gasteiger partial charge in [-0.1, -0.05) is 52.1 Å². The molecule has 0 spiro atoms. The minimum atomic E-state index is -0.586. The number of fused-ring (bicyclic) bond motifs is 1. The van der Waals surface area contributed by atoms with Crippen molar-refractivity contribution in [1.82, 2.24) is 9.66 Å². The van der Waals surface area contributed by atoms with Crippen molar-refractivity contribution >= 4 is 61.9 Å². The summed E-state index contributed by atoms with van der Waals surface area (Å²) in [5.41, 5.74) is 0.768. The quantitative estimate of drug-likeness (QED) is 0.130. The molecule has 0 bridgehead atoms. The summed E-state index contributed by atoms with van der Waals surface area (Å²) in [5, 5.41) is 17.4. The van der Waals surface area contributed by atoms with Gasteiger partial charge < -0.3 is 9.47 Å². The van der Waals surface area contributed by atoms with Gasteiger partial charge >= 0.3 is 5.69 Å². The topological polar surface area (TPSA) is 109 Å². The molecule has 12 heteroatoms. The van der Waals surface area contributed by atoms with E-state index in [4.69, 9.17) is 32.7 Å². The number of rotatable bonds is 8. The largest absolute Gasteiger partial charge is 0.493 e. The van der Waals surface area contributed by atoms with Crippen LogP contribution in [0.1, 0.15) is 23.9 Å². The van der Waals surface area contributed by atoms with Crippen molar-refractivity contribution in [3.05, 3.63) is 100 Å². The van der Waals surface area contributed by atoms with Crippen LogP contribution in [0.15, 0.2) is 62.9 Å². The molecule has 1 heterocycles. The van der Waals surface area contributed by atoms with E-state index in [1.54, 1.807) is 36.4 Å². The Labute approximate surface area is 229 Å². The summed E-state index contributed by atoms with van der Waals surface area (Å²) in [7, 11) is 1.37. The first-order valence-electron chi connectivity index (χ1n) is 10.9. The highest BCUT2D eigenvalue weighted by molar-refractivity contribution is 9.10. The molecule has 0 fully saturated rings. The second-order valence-corrected chi connectivity index (χ2v) is 9.52. The average molecular weight is 606 g/mol. The van der Waals surface area contributed by atoms with E-state index in [0.717, 1.165) is 4.47 Å². The minimum absolute atomic E-state index is 0.0474. The number of nitro groups is 1. The lowest BCUT2D eigenvalue weighted by atomic mass is 10.1. The fourth-order valence-corrected chi connectivity index (χ4v) is 4.39. The van der Waals surface area contributed by atoms with Gasteiger partial charge in [-0.15, -0.1) is 0 Å². The van der Waals surface area contributed by atoms with Crippen LogP contribution in [0.5, 0.6) is 11.5 Å². The first-order valence-corrected chi connectivity index (χ1v) is 12.5. The highest BCUT2D eigenvalue weighted by atomic mass is 79.9. The third-order valence-corrected chi connectivity index (χ3v) is 6.46. The van der Waals surface area contributed by atoms with Gasteiger partial charge in [0, 0.05) is 38.1 Å². The number of methoxy groups -OCH3 is 1. The summed E-state index contributed by atoms with van der Waals surface area (Å²) in [5.74, 6) is 0.487. The molecule has 0 saturated carbocycles. The van der Waals surface area contributed by atoms with Crippen LogP contribution < -0.4 is 15.0 Å². The third-order valence-electron chi connectivity index (χ3n) is 5.38. The molecular formula is C25H19BrCl2N4O5. The van der Waals surface area contributed by atoms with Crippen molar-refractivity contribution in [3.63, 3.8) is 0 Å². The Morgan fingerprint density at radius 2 is 1.97 bits per heavy atom. The summed E-state index contributed by atoms with van der Waals surface area (Å²) >= 11 is 15.5. The van der Waals surface area contributed by atoms with Crippen molar-refractivity contribution in [1.29, 1.82) is 0 Å². The van der Waals surface area contributed by atoms with E-state index in [1.165, 1.54) is 30.1 Å². The van der Waals surface area contributed by atoms with Gasteiger partial charge in [0.25, 0.3) is 5.56 Å². The zero-order chi connectivity index (χ0) is 26.7. The zero-order valence-corrected chi connectivity index (χ0v) is 22.7. The number of benzene rings is 3. The van der Waals surface area contributed by atoms with Crippen LogP contribution in [0.2, 0.25) is 10.0 Å². The number of hydrogen-bond donors (Lipinski definition) is 0. The van der Waals surface area contributed by atoms with Crippen molar-refractivity contribution in [3.8, 4) is 11.5 Å². The number of ether oxygens (including phenoxy) is 2. The number of nitrogens with zero attached hydrogens (tertiary/aromatic N) is 4. The van der Waals surface area contributed by atoms with E-state index in [0.29, 0.717) is 44.3 Å². The van der Waals surface area contributed by atoms with Gasteiger partial charge in [0.2, 0.25) is 5.75 Å². The summed E-state index contributed by atoms with van der Waals surface area (Å²) in [6.45, 7) is 1.81. The second kappa shape index (κ2) is 11.3. The van der Waals surface area contributed by atoms with Gasteiger partial charge in [0.05, 0.1) is 29.2 Å². The van der Waals surface area contributed by atoms with E-state index < -0.39 is 4.92 Å². The SMILES string of the molecule is CCc1nc2ccc(Br)cc2c(=O)n1N=Cc1cc(OC)c(OCc2ccc(Cl)cc2Cl)c([N+](=O)[O-])c1. The van der Waals surface area contributed by atoms with Crippen LogP contribution in [-0.2, 0) is 13.0 Å². The van der Waals surface area contributed by atoms with Gasteiger partial charge in [0.15, 0.2) is 5.75 Å². The Bertz CT molecular complexity index is 1610. The number of halogens is 3.